The van der Waals surface area contributed by atoms with Gasteiger partial charge in [-0.2, -0.15) is 0 Å². The van der Waals surface area contributed by atoms with Gasteiger partial charge in [-0.15, -0.1) is 0 Å². The van der Waals surface area contributed by atoms with E-state index in [1.165, 1.54) is 0 Å². The van der Waals surface area contributed by atoms with Gasteiger partial charge in [-0.05, 0) is 0 Å². The summed E-state index contributed by atoms with van der Waals surface area (Å²) in [7, 11) is 0. The maximum absolute atomic E-state index is 5.01. The molecule has 12 heavy (non-hydrogen) atoms. The smallest absolute Gasteiger partial charge is 0.0877 e. The SMILES string of the molecule is C1COCCN1.C1COOOC1. The zero-order valence-corrected chi connectivity index (χ0v) is 7.08. The monoisotopic (exact) mass is 177 g/mol. The molecule has 5 heteroatoms. The summed E-state index contributed by atoms with van der Waals surface area (Å²) < 4.78 is 5.01. The van der Waals surface area contributed by atoms with Crippen molar-refractivity contribution < 1.29 is 19.6 Å². The normalized spacial score (nSPS) is 24.0. The van der Waals surface area contributed by atoms with Crippen LogP contribution in [0.2, 0.25) is 0 Å². The van der Waals surface area contributed by atoms with Crippen LogP contribution in [-0.4, -0.2) is 39.5 Å². The lowest BCUT2D eigenvalue weighted by molar-refractivity contribution is -0.532. The van der Waals surface area contributed by atoms with Crippen LogP contribution in [0.4, 0.5) is 0 Å². The maximum Gasteiger partial charge on any atom is 0.0877 e. The van der Waals surface area contributed by atoms with Crippen molar-refractivity contribution in [3.63, 3.8) is 0 Å². The quantitative estimate of drug-likeness (QED) is 0.522. The van der Waals surface area contributed by atoms with Gasteiger partial charge in [-0.3, -0.25) is 0 Å². The molecule has 0 aromatic carbocycles. The minimum Gasteiger partial charge on any atom is -0.379 e. The number of nitrogens with one attached hydrogen (secondary N) is 1. The second-order valence-corrected chi connectivity index (χ2v) is 2.43. The average molecular weight is 177 g/mol. The van der Waals surface area contributed by atoms with Crippen LogP contribution in [0.1, 0.15) is 6.42 Å². The van der Waals surface area contributed by atoms with E-state index in [-0.39, 0.29) is 0 Å². The molecule has 0 unspecified atom stereocenters. The molecule has 0 saturated carbocycles. The van der Waals surface area contributed by atoms with Crippen LogP contribution in [0.15, 0.2) is 0 Å². The van der Waals surface area contributed by atoms with E-state index in [9.17, 15) is 0 Å². The molecule has 2 heterocycles. The Hall–Kier alpha value is -0.200. The Morgan fingerprint density at radius 1 is 0.833 bits per heavy atom. The van der Waals surface area contributed by atoms with Gasteiger partial charge in [0.05, 0.1) is 26.4 Å². The van der Waals surface area contributed by atoms with Gasteiger partial charge >= 0.3 is 0 Å². The topological polar surface area (TPSA) is 49.0 Å². The zero-order valence-electron chi connectivity index (χ0n) is 7.08. The zero-order chi connectivity index (χ0) is 8.49. The Bertz CT molecular complexity index is 58.4. The lowest BCUT2D eigenvalue weighted by Crippen LogP contribution is -2.30. The predicted octanol–water partition coefficient (Wildman–Crippen LogP) is -0.124. The molecule has 5 nitrogen and oxygen atoms in total. The molecule has 0 atom stereocenters. The summed E-state index contributed by atoms with van der Waals surface area (Å²) in [6, 6.07) is 0. The summed E-state index contributed by atoms with van der Waals surface area (Å²) in [5.41, 5.74) is 0. The standard InChI is InChI=1S/C4H9NO.C3H6O3/c1-3-6-4-2-5-1;1-2-4-6-5-3-1/h5H,1-4H2;1-3H2. The van der Waals surface area contributed by atoms with Gasteiger partial charge in [0, 0.05) is 19.5 Å². The van der Waals surface area contributed by atoms with Crippen molar-refractivity contribution in [2.75, 3.05) is 39.5 Å². The molecule has 2 aliphatic heterocycles. The van der Waals surface area contributed by atoms with E-state index in [0.29, 0.717) is 13.2 Å². The average Bonchev–Trinajstić information content (AvgIpc) is 2.24. The molecule has 2 saturated heterocycles. The molecule has 2 fully saturated rings. The lowest BCUT2D eigenvalue weighted by atomic mass is 10.5. The Labute approximate surface area is 71.8 Å². The molecule has 2 rings (SSSR count). The third kappa shape index (κ3) is 5.45. The van der Waals surface area contributed by atoms with Crippen LogP contribution >= 0.6 is 0 Å². The number of hydrogen-bond acceptors (Lipinski definition) is 5. The minimum absolute atomic E-state index is 0.653. The third-order valence-corrected chi connectivity index (χ3v) is 1.40. The van der Waals surface area contributed by atoms with Crippen molar-refractivity contribution in [3.05, 3.63) is 0 Å². The number of rotatable bonds is 0. The number of hydrogen-bond donors (Lipinski definition) is 1. The number of morpholine rings is 1. The van der Waals surface area contributed by atoms with E-state index in [0.717, 1.165) is 32.7 Å². The van der Waals surface area contributed by atoms with Crippen LogP contribution in [0.5, 0.6) is 0 Å². The minimum atomic E-state index is 0.653. The Balaban J connectivity index is 0.000000120. The highest BCUT2D eigenvalue weighted by atomic mass is 17.5. The van der Waals surface area contributed by atoms with E-state index in [4.69, 9.17) is 4.74 Å². The van der Waals surface area contributed by atoms with Gasteiger partial charge in [0.15, 0.2) is 0 Å². The van der Waals surface area contributed by atoms with Crippen LogP contribution in [-0.2, 0) is 19.6 Å². The molecule has 0 aromatic rings. The van der Waals surface area contributed by atoms with Crippen molar-refractivity contribution >= 4 is 0 Å². The van der Waals surface area contributed by atoms with E-state index >= 15 is 0 Å². The van der Waals surface area contributed by atoms with Gasteiger partial charge in [0.2, 0.25) is 0 Å². The van der Waals surface area contributed by atoms with Crippen molar-refractivity contribution in [1.82, 2.24) is 5.32 Å². The summed E-state index contributed by atoms with van der Waals surface area (Å²) in [5, 5.41) is 7.23. The van der Waals surface area contributed by atoms with Gasteiger partial charge in [-0.1, -0.05) is 5.04 Å². The predicted molar refractivity (Wildman–Crippen MR) is 41.3 cm³/mol. The van der Waals surface area contributed by atoms with Crippen molar-refractivity contribution in [1.29, 1.82) is 0 Å². The third-order valence-electron chi connectivity index (χ3n) is 1.40. The first-order chi connectivity index (χ1) is 6.00. The summed E-state index contributed by atoms with van der Waals surface area (Å²) in [6.07, 6.45) is 0.931. The first kappa shape index (κ1) is 9.88. The highest BCUT2D eigenvalue weighted by Crippen LogP contribution is 1.93. The van der Waals surface area contributed by atoms with Crippen LogP contribution in [0.3, 0.4) is 0 Å². The summed E-state index contributed by atoms with van der Waals surface area (Å²) >= 11 is 0. The van der Waals surface area contributed by atoms with Crippen LogP contribution in [0, 0.1) is 0 Å². The molecule has 0 aliphatic carbocycles. The van der Waals surface area contributed by atoms with E-state index < -0.39 is 0 Å². The molecule has 1 N–H and O–H groups in total. The molecule has 0 radical (unpaired) electrons. The first-order valence-corrected chi connectivity index (χ1v) is 4.20. The molecule has 0 amide bonds. The molecular formula is C7H15NO4. The van der Waals surface area contributed by atoms with Crippen molar-refractivity contribution in [3.8, 4) is 0 Å². The van der Waals surface area contributed by atoms with Gasteiger partial charge < -0.3 is 10.1 Å². The van der Waals surface area contributed by atoms with Crippen molar-refractivity contribution in [2.45, 2.75) is 6.42 Å². The lowest BCUT2D eigenvalue weighted by Gasteiger charge is -2.10. The van der Waals surface area contributed by atoms with E-state index in [1.807, 2.05) is 0 Å². The van der Waals surface area contributed by atoms with Gasteiger partial charge in [0.1, 0.15) is 0 Å². The van der Waals surface area contributed by atoms with E-state index in [1.54, 1.807) is 0 Å². The van der Waals surface area contributed by atoms with E-state index in [2.05, 4.69) is 20.1 Å². The molecule has 72 valence electrons. The molecule has 0 aromatic heterocycles. The second kappa shape index (κ2) is 7.45. The number of ether oxygens (including phenoxy) is 1. The molecule has 0 bridgehead atoms. The summed E-state index contributed by atoms with van der Waals surface area (Å²) in [6.45, 7) is 5.14. The van der Waals surface area contributed by atoms with Gasteiger partial charge in [0.25, 0.3) is 0 Å². The Kier molecular flexibility index (Phi) is 6.14. The Morgan fingerprint density at radius 3 is 1.67 bits per heavy atom. The Morgan fingerprint density at radius 2 is 1.50 bits per heavy atom. The largest absolute Gasteiger partial charge is 0.379 e. The maximum atomic E-state index is 5.01. The fourth-order valence-electron chi connectivity index (χ4n) is 0.795. The highest BCUT2D eigenvalue weighted by Gasteiger charge is 1.96. The molecular weight excluding hydrogens is 162 g/mol. The van der Waals surface area contributed by atoms with Crippen LogP contribution in [0.25, 0.3) is 0 Å². The van der Waals surface area contributed by atoms with Gasteiger partial charge in [-0.25, -0.2) is 9.78 Å². The summed E-state index contributed by atoms with van der Waals surface area (Å²) in [4.78, 5) is 8.69. The molecule has 0 spiro atoms. The fraction of sp³-hybridized carbons (Fsp3) is 1.00. The second-order valence-electron chi connectivity index (χ2n) is 2.43. The summed E-state index contributed by atoms with van der Waals surface area (Å²) in [5.74, 6) is 0. The van der Waals surface area contributed by atoms with Crippen LogP contribution < -0.4 is 5.32 Å². The molecule has 2 aliphatic rings. The van der Waals surface area contributed by atoms with Crippen molar-refractivity contribution in [2.24, 2.45) is 0 Å². The fourth-order valence-corrected chi connectivity index (χ4v) is 0.795. The highest BCUT2D eigenvalue weighted by molar-refractivity contribution is 4.49. The first-order valence-electron chi connectivity index (χ1n) is 4.20.